The summed E-state index contributed by atoms with van der Waals surface area (Å²) in [6.45, 7) is 3.76. The maximum absolute atomic E-state index is 12.4. The van der Waals surface area contributed by atoms with Crippen molar-refractivity contribution in [1.82, 2.24) is 4.72 Å². The molecule has 0 aromatic carbocycles. The first-order chi connectivity index (χ1) is 9.28. The van der Waals surface area contributed by atoms with Gasteiger partial charge in [-0.05, 0) is 50.2 Å². The van der Waals surface area contributed by atoms with Crippen LogP contribution in [-0.2, 0) is 10.0 Å². The van der Waals surface area contributed by atoms with E-state index in [-0.39, 0.29) is 10.8 Å². The van der Waals surface area contributed by atoms with Crippen LogP contribution in [0.1, 0.15) is 38.2 Å². The van der Waals surface area contributed by atoms with Crippen molar-refractivity contribution in [3.63, 3.8) is 0 Å². The number of rotatable bonds is 4. The van der Waals surface area contributed by atoms with Gasteiger partial charge in [-0.2, -0.15) is 0 Å². The first-order valence-corrected chi connectivity index (χ1v) is 9.36. The molecule has 0 atom stereocenters. The molecule has 1 saturated carbocycles. The summed E-state index contributed by atoms with van der Waals surface area (Å²) in [4.78, 5) is 0. The molecule has 4 nitrogen and oxygen atoms in total. The van der Waals surface area contributed by atoms with E-state index < -0.39 is 15.6 Å². The van der Waals surface area contributed by atoms with E-state index in [0.717, 1.165) is 29.7 Å². The topological polar surface area (TPSA) is 66.4 Å². The lowest BCUT2D eigenvalue weighted by atomic mass is 9.78. The van der Waals surface area contributed by atoms with Crippen LogP contribution >= 0.6 is 22.9 Å². The summed E-state index contributed by atoms with van der Waals surface area (Å²) in [6.07, 6.45) is 3.19. The molecule has 114 valence electrons. The second-order valence-electron chi connectivity index (χ2n) is 5.75. The van der Waals surface area contributed by atoms with Crippen LogP contribution in [0.2, 0.25) is 4.34 Å². The zero-order valence-electron chi connectivity index (χ0n) is 11.6. The standard InChI is InChI=1S/C13H20ClNO3S2/c1-9-3-5-13(8-16,6-4-9)15-20(17,18)11-7-10(2)12(14)19-11/h7,9,15-16H,3-6,8H2,1-2H3. The molecule has 0 amide bonds. The predicted octanol–water partition coefficient (Wildman–Crippen LogP) is 2.93. The van der Waals surface area contributed by atoms with Gasteiger partial charge in [-0.3, -0.25) is 0 Å². The van der Waals surface area contributed by atoms with Gasteiger partial charge in [0.05, 0.1) is 16.5 Å². The number of aryl methyl sites for hydroxylation is 1. The first-order valence-electron chi connectivity index (χ1n) is 6.69. The highest BCUT2D eigenvalue weighted by Crippen LogP contribution is 2.35. The molecule has 0 spiro atoms. The highest BCUT2D eigenvalue weighted by Gasteiger charge is 2.38. The van der Waals surface area contributed by atoms with E-state index in [1.54, 1.807) is 13.0 Å². The Morgan fingerprint density at radius 2 is 2.10 bits per heavy atom. The summed E-state index contributed by atoms with van der Waals surface area (Å²) >= 11 is 7.00. The Bertz CT molecular complexity index is 555. The number of thiophene rings is 1. The SMILES string of the molecule is Cc1cc(S(=O)(=O)NC2(CO)CCC(C)CC2)sc1Cl. The third-order valence-electron chi connectivity index (χ3n) is 3.98. The van der Waals surface area contributed by atoms with Crippen molar-refractivity contribution in [3.05, 3.63) is 16.0 Å². The summed E-state index contributed by atoms with van der Waals surface area (Å²) < 4.78 is 28.3. The zero-order chi connectivity index (χ0) is 15.0. The van der Waals surface area contributed by atoms with Crippen LogP contribution in [-0.4, -0.2) is 25.7 Å². The van der Waals surface area contributed by atoms with Gasteiger partial charge in [-0.15, -0.1) is 11.3 Å². The van der Waals surface area contributed by atoms with E-state index in [9.17, 15) is 13.5 Å². The summed E-state index contributed by atoms with van der Waals surface area (Å²) in [6, 6.07) is 1.58. The highest BCUT2D eigenvalue weighted by atomic mass is 35.5. The van der Waals surface area contributed by atoms with Crippen molar-refractivity contribution >= 4 is 33.0 Å². The molecule has 0 unspecified atom stereocenters. The van der Waals surface area contributed by atoms with E-state index in [1.165, 1.54) is 0 Å². The molecule has 2 N–H and O–H groups in total. The molecular weight excluding hydrogens is 318 g/mol. The molecule has 0 aliphatic heterocycles. The van der Waals surface area contributed by atoms with Crippen molar-refractivity contribution in [3.8, 4) is 0 Å². The minimum absolute atomic E-state index is 0.170. The number of sulfonamides is 1. The third kappa shape index (κ3) is 3.36. The summed E-state index contributed by atoms with van der Waals surface area (Å²) in [5, 5.41) is 9.65. The Morgan fingerprint density at radius 1 is 1.50 bits per heavy atom. The molecule has 0 saturated heterocycles. The Labute approximate surface area is 129 Å². The quantitative estimate of drug-likeness (QED) is 0.887. The maximum atomic E-state index is 12.4. The van der Waals surface area contributed by atoms with Gasteiger partial charge >= 0.3 is 0 Å². The minimum Gasteiger partial charge on any atom is -0.394 e. The molecule has 7 heteroatoms. The highest BCUT2D eigenvalue weighted by molar-refractivity contribution is 7.91. The van der Waals surface area contributed by atoms with Crippen LogP contribution in [0.25, 0.3) is 0 Å². The Hall–Kier alpha value is -0.140. The van der Waals surface area contributed by atoms with E-state index in [2.05, 4.69) is 11.6 Å². The Balaban J connectivity index is 2.22. The summed E-state index contributed by atoms with van der Waals surface area (Å²) in [7, 11) is -3.63. The molecular formula is C13H20ClNO3S2. The number of nitrogens with one attached hydrogen (secondary N) is 1. The molecule has 1 aromatic rings. The number of halogens is 1. The van der Waals surface area contributed by atoms with Gasteiger partial charge in [0.1, 0.15) is 4.21 Å². The van der Waals surface area contributed by atoms with E-state index >= 15 is 0 Å². The van der Waals surface area contributed by atoms with Crippen LogP contribution in [0.4, 0.5) is 0 Å². The van der Waals surface area contributed by atoms with E-state index in [4.69, 9.17) is 11.6 Å². The predicted molar refractivity (Wildman–Crippen MR) is 81.8 cm³/mol. The number of aliphatic hydroxyl groups excluding tert-OH is 1. The molecule has 2 rings (SSSR count). The van der Waals surface area contributed by atoms with Crippen LogP contribution in [0.5, 0.6) is 0 Å². The fourth-order valence-corrected chi connectivity index (χ4v) is 5.67. The largest absolute Gasteiger partial charge is 0.394 e. The minimum atomic E-state index is -3.63. The first kappa shape index (κ1) is 16.2. The zero-order valence-corrected chi connectivity index (χ0v) is 14.0. The second kappa shape index (κ2) is 5.93. The molecule has 1 aromatic heterocycles. The van der Waals surface area contributed by atoms with Gasteiger partial charge in [0.2, 0.25) is 0 Å². The lowest BCUT2D eigenvalue weighted by Gasteiger charge is -2.38. The maximum Gasteiger partial charge on any atom is 0.250 e. The van der Waals surface area contributed by atoms with Crippen molar-refractivity contribution in [2.24, 2.45) is 5.92 Å². The normalized spacial score (nSPS) is 27.7. The van der Waals surface area contributed by atoms with Crippen molar-refractivity contribution in [2.45, 2.75) is 49.3 Å². The lowest BCUT2D eigenvalue weighted by Crippen LogP contribution is -2.53. The van der Waals surface area contributed by atoms with E-state index in [0.29, 0.717) is 23.1 Å². The fourth-order valence-electron chi connectivity index (χ4n) is 2.51. The number of hydrogen-bond donors (Lipinski definition) is 2. The van der Waals surface area contributed by atoms with Gasteiger partial charge in [-0.1, -0.05) is 18.5 Å². The van der Waals surface area contributed by atoms with Gasteiger partial charge in [0.25, 0.3) is 10.0 Å². The average Bonchev–Trinajstić information content (AvgIpc) is 2.74. The van der Waals surface area contributed by atoms with Gasteiger partial charge in [0.15, 0.2) is 0 Å². The van der Waals surface area contributed by atoms with Crippen molar-refractivity contribution in [2.75, 3.05) is 6.61 Å². The van der Waals surface area contributed by atoms with Crippen LogP contribution in [0.3, 0.4) is 0 Å². The molecule has 0 radical (unpaired) electrons. The molecule has 1 aliphatic rings. The van der Waals surface area contributed by atoms with Crippen molar-refractivity contribution < 1.29 is 13.5 Å². The summed E-state index contributed by atoms with van der Waals surface area (Å²) in [5.74, 6) is 0.581. The van der Waals surface area contributed by atoms with E-state index in [1.807, 2.05) is 0 Å². The van der Waals surface area contributed by atoms with Crippen LogP contribution < -0.4 is 4.72 Å². The smallest absolute Gasteiger partial charge is 0.250 e. The third-order valence-corrected chi connectivity index (χ3v) is 7.59. The molecule has 1 heterocycles. The van der Waals surface area contributed by atoms with Gasteiger partial charge < -0.3 is 5.11 Å². The van der Waals surface area contributed by atoms with Crippen LogP contribution in [0, 0.1) is 12.8 Å². The molecule has 0 bridgehead atoms. The number of aliphatic hydroxyl groups is 1. The van der Waals surface area contributed by atoms with Crippen molar-refractivity contribution in [1.29, 1.82) is 0 Å². The van der Waals surface area contributed by atoms with Gasteiger partial charge in [0, 0.05) is 0 Å². The Morgan fingerprint density at radius 3 is 2.55 bits per heavy atom. The molecule has 20 heavy (non-hydrogen) atoms. The lowest BCUT2D eigenvalue weighted by molar-refractivity contribution is 0.125. The second-order valence-corrected chi connectivity index (χ2v) is 9.31. The average molecular weight is 338 g/mol. The monoisotopic (exact) mass is 337 g/mol. The number of hydrogen-bond acceptors (Lipinski definition) is 4. The van der Waals surface area contributed by atoms with Gasteiger partial charge in [-0.25, -0.2) is 13.1 Å². The fraction of sp³-hybridized carbons (Fsp3) is 0.692. The Kier molecular flexibility index (Phi) is 4.81. The summed E-state index contributed by atoms with van der Waals surface area (Å²) in [5.41, 5.74) is 0.0303. The molecule has 1 aliphatic carbocycles. The molecule has 1 fully saturated rings. The van der Waals surface area contributed by atoms with Crippen LogP contribution in [0.15, 0.2) is 10.3 Å².